The third kappa shape index (κ3) is 3.84. The highest BCUT2D eigenvalue weighted by atomic mass is 32.2. The molecular weight excluding hydrogens is 344 g/mol. The second-order valence-corrected chi connectivity index (χ2v) is 7.84. The summed E-state index contributed by atoms with van der Waals surface area (Å²) in [5.74, 6) is 0. The van der Waals surface area contributed by atoms with E-state index in [0.717, 1.165) is 10.7 Å². The second-order valence-electron chi connectivity index (χ2n) is 5.16. The second kappa shape index (κ2) is 7.16. The van der Waals surface area contributed by atoms with Gasteiger partial charge in [-0.15, -0.1) is 11.3 Å². The first-order valence-electron chi connectivity index (χ1n) is 7.33. The molecule has 0 aliphatic heterocycles. The van der Waals surface area contributed by atoms with Crippen molar-refractivity contribution in [2.24, 2.45) is 0 Å². The van der Waals surface area contributed by atoms with Gasteiger partial charge in [-0.2, -0.15) is 10.2 Å². The van der Waals surface area contributed by atoms with E-state index in [2.05, 4.69) is 19.9 Å². The van der Waals surface area contributed by atoms with Crippen LogP contribution in [0.4, 0.5) is 0 Å². The number of hydrogen-bond acceptors (Lipinski definition) is 6. The minimum Gasteiger partial charge on any atom is -0.247 e. The fraction of sp³-hybridized carbons (Fsp3) is 0.188. The van der Waals surface area contributed by atoms with Crippen LogP contribution in [-0.4, -0.2) is 30.1 Å². The Morgan fingerprint density at radius 1 is 1.17 bits per heavy atom. The van der Waals surface area contributed by atoms with E-state index in [9.17, 15) is 8.42 Å². The van der Waals surface area contributed by atoms with Gasteiger partial charge in [0.25, 0.3) is 0 Å². The molecule has 3 aromatic rings. The van der Waals surface area contributed by atoms with Crippen LogP contribution in [0.25, 0.3) is 11.1 Å². The number of hydrogen-bond donors (Lipinski definition) is 1. The lowest BCUT2D eigenvalue weighted by Crippen LogP contribution is -2.26. The van der Waals surface area contributed by atoms with E-state index < -0.39 is 10.0 Å². The quantitative estimate of drug-likeness (QED) is 0.730. The average Bonchev–Trinajstić information content (AvgIpc) is 3.01. The molecule has 0 saturated carbocycles. The molecule has 0 radical (unpaired) electrons. The Kier molecular flexibility index (Phi) is 4.98. The van der Waals surface area contributed by atoms with Crippen molar-refractivity contribution in [3.8, 4) is 11.1 Å². The Hall–Kier alpha value is -2.16. The van der Waals surface area contributed by atoms with Crippen molar-refractivity contribution in [2.75, 3.05) is 6.54 Å². The number of nitrogens with zero attached hydrogens (tertiary/aromatic N) is 3. The monoisotopic (exact) mass is 360 g/mol. The van der Waals surface area contributed by atoms with E-state index in [4.69, 9.17) is 0 Å². The molecule has 0 aliphatic rings. The highest BCUT2D eigenvalue weighted by Gasteiger charge is 2.18. The van der Waals surface area contributed by atoms with Crippen LogP contribution in [0.15, 0.2) is 53.0 Å². The van der Waals surface area contributed by atoms with Crippen molar-refractivity contribution in [1.82, 2.24) is 19.9 Å². The first-order valence-corrected chi connectivity index (χ1v) is 9.69. The van der Waals surface area contributed by atoms with Crippen LogP contribution < -0.4 is 4.72 Å². The number of aromatic nitrogens is 3. The van der Waals surface area contributed by atoms with Gasteiger partial charge in [0, 0.05) is 35.2 Å². The number of aryl methyl sites for hydroxylation is 1. The summed E-state index contributed by atoms with van der Waals surface area (Å²) in [7, 11) is -3.62. The number of nitrogens with one attached hydrogen (secondary N) is 1. The van der Waals surface area contributed by atoms with Crippen molar-refractivity contribution in [2.45, 2.75) is 18.2 Å². The molecule has 0 amide bonds. The largest absolute Gasteiger partial charge is 0.247 e. The van der Waals surface area contributed by atoms with Crippen molar-refractivity contribution < 1.29 is 8.42 Å². The minimum atomic E-state index is -3.62. The Bertz CT molecular complexity index is 924. The molecule has 0 atom stereocenters. The SMILES string of the molecule is Cc1csc(CCNS(=O)(=O)c2ccccc2-c2ccnnc2)n1. The molecule has 0 unspecified atom stereocenters. The summed E-state index contributed by atoms with van der Waals surface area (Å²) in [6.45, 7) is 2.22. The highest BCUT2D eigenvalue weighted by Crippen LogP contribution is 2.26. The summed E-state index contributed by atoms with van der Waals surface area (Å²) < 4.78 is 28.0. The molecule has 3 rings (SSSR count). The standard InChI is InChI=1S/C16H16N4O2S2/c1-12-11-23-16(20-12)7-9-19-24(21,22)15-5-3-2-4-14(15)13-6-8-17-18-10-13/h2-6,8,10-11,19H,7,9H2,1H3. The number of rotatable bonds is 6. The van der Waals surface area contributed by atoms with Crippen LogP contribution in [0.5, 0.6) is 0 Å². The van der Waals surface area contributed by atoms with Gasteiger partial charge in [0.2, 0.25) is 10.0 Å². The van der Waals surface area contributed by atoms with E-state index in [1.807, 2.05) is 12.3 Å². The normalized spacial score (nSPS) is 11.5. The smallest absolute Gasteiger partial charge is 0.241 e. The molecule has 8 heteroatoms. The molecule has 24 heavy (non-hydrogen) atoms. The summed E-state index contributed by atoms with van der Waals surface area (Å²) in [6.07, 6.45) is 3.65. The number of benzene rings is 1. The maximum absolute atomic E-state index is 12.7. The molecular formula is C16H16N4O2S2. The van der Waals surface area contributed by atoms with Crippen LogP contribution in [0.2, 0.25) is 0 Å². The molecule has 1 aromatic carbocycles. The van der Waals surface area contributed by atoms with Gasteiger partial charge in [0.15, 0.2) is 0 Å². The summed E-state index contributed by atoms with van der Waals surface area (Å²) in [5.41, 5.74) is 2.26. The van der Waals surface area contributed by atoms with Gasteiger partial charge in [-0.1, -0.05) is 18.2 Å². The van der Waals surface area contributed by atoms with Crippen LogP contribution in [0.3, 0.4) is 0 Å². The lowest BCUT2D eigenvalue weighted by Gasteiger charge is -2.11. The number of sulfonamides is 1. The van der Waals surface area contributed by atoms with E-state index >= 15 is 0 Å². The molecule has 0 aliphatic carbocycles. The molecule has 0 bridgehead atoms. The topological polar surface area (TPSA) is 84.8 Å². The van der Waals surface area contributed by atoms with Gasteiger partial charge in [-0.05, 0) is 19.1 Å². The fourth-order valence-corrected chi connectivity index (χ4v) is 4.31. The predicted octanol–water partition coefficient (Wildman–Crippen LogP) is 2.43. The van der Waals surface area contributed by atoms with E-state index in [1.165, 1.54) is 17.5 Å². The third-order valence-electron chi connectivity index (χ3n) is 3.37. The highest BCUT2D eigenvalue weighted by molar-refractivity contribution is 7.89. The van der Waals surface area contributed by atoms with Gasteiger partial charge in [0.05, 0.1) is 22.3 Å². The molecule has 0 saturated heterocycles. The molecule has 1 N–H and O–H groups in total. The average molecular weight is 360 g/mol. The van der Waals surface area contributed by atoms with Crippen molar-refractivity contribution in [3.63, 3.8) is 0 Å². The van der Waals surface area contributed by atoms with Gasteiger partial charge in [-0.25, -0.2) is 18.1 Å². The number of thiazole rings is 1. The van der Waals surface area contributed by atoms with Crippen molar-refractivity contribution >= 4 is 21.4 Å². The lowest BCUT2D eigenvalue weighted by atomic mass is 10.1. The summed E-state index contributed by atoms with van der Waals surface area (Å²) in [4.78, 5) is 4.57. The van der Waals surface area contributed by atoms with Gasteiger partial charge in [0.1, 0.15) is 0 Å². The fourth-order valence-electron chi connectivity index (χ4n) is 2.28. The Morgan fingerprint density at radius 3 is 2.71 bits per heavy atom. The molecule has 0 fully saturated rings. The van der Waals surface area contributed by atoms with E-state index in [-0.39, 0.29) is 4.90 Å². The molecule has 6 nitrogen and oxygen atoms in total. The summed E-state index contributed by atoms with van der Waals surface area (Å²) in [6, 6.07) is 8.59. The summed E-state index contributed by atoms with van der Waals surface area (Å²) in [5, 5.41) is 10.4. The van der Waals surface area contributed by atoms with Crippen LogP contribution >= 0.6 is 11.3 Å². The van der Waals surface area contributed by atoms with Crippen LogP contribution in [-0.2, 0) is 16.4 Å². The molecule has 124 valence electrons. The van der Waals surface area contributed by atoms with E-state index in [0.29, 0.717) is 24.1 Å². The summed E-state index contributed by atoms with van der Waals surface area (Å²) >= 11 is 1.53. The molecule has 0 spiro atoms. The van der Waals surface area contributed by atoms with Gasteiger partial charge < -0.3 is 0 Å². The van der Waals surface area contributed by atoms with Crippen LogP contribution in [0, 0.1) is 6.92 Å². The zero-order valence-electron chi connectivity index (χ0n) is 13.0. The van der Waals surface area contributed by atoms with Gasteiger partial charge >= 0.3 is 0 Å². The maximum Gasteiger partial charge on any atom is 0.241 e. The van der Waals surface area contributed by atoms with Crippen molar-refractivity contribution in [3.05, 3.63) is 58.8 Å². The zero-order valence-corrected chi connectivity index (χ0v) is 14.6. The molecule has 2 aromatic heterocycles. The maximum atomic E-state index is 12.7. The first-order chi connectivity index (χ1) is 11.6. The first kappa shape index (κ1) is 16.7. The third-order valence-corrected chi connectivity index (χ3v) is 5.91. The minimum absolute atomic E-state index is 0.230. The Balaban J connectivity index is 1.80. The lowest BCUT2D eigenvalue weighted by molar-refractivity contribution is 0.582. The Morgan fingerprint density at radius 2 is 2.00 bits per heavy atom. The van der Waals surface area contributed by atoms with E-state index in [1.54, 1.807) is 36.5 Å². The van der Waals surface area contributed by atoms with Crippen molar-refractivity contribution in [1.29, 1.82) is 0 Å². The Labute approximate surface area is 144 Å². The van der Waals surface area contributed by atoms with Gasteiger partial charge in [-0.3, -0.25) is 0 Å². The van der Waals surface area contributed by atoms with Crippen LogP contribution in [0.1, 0.15) is 10.7 Å². The molecule has 2 heterocycles. The zero-order chi connectivity index (χ0) is 17.0. The predicted molar refractivity (Wildman–Crippen MR) is 93.2 cm³/mol.